The number of carbonyl (C=O) groups is 2. The molecule has 1 saturated carbocycles. The molecule has 8 rings (SSSR count). The van der Waals surface area contributed by atoms with Gasteiger partial charge in [0.1, 0.15) is 23.4 Å². The van der Waals surface area contributed by atoms with Gasteiger partial charge in [0.25, 0.3) is 5.91 Å². The number of benzene rings is 3. The van der Waals surface area contributed by atoms with E-state index < -0.39 is 11.5 Å². The Labute approximate surface area is 337 Å². The van der Waals surface area contributed by atoms with E-state index in [2.05, 4.69) is 38.7 Å². The van der Waals surface area contributed by atoms with Crippen LogP contribution < -0.4 is 25.7 Å². The Kier molecular flexibility index (Phi) is 13.0. The van der Waals surface area contributed by atoms with E-state index in [1.807, 2.05) is 6.07 Å². The lowest BCUT2D eigenvalue weighted by Crippen LogP contribution is -2.53. The molecule has 1 aromatic heterocycles. The van der Waals surface area contributed by atoms with E-state index in [-0.39, 0.29) is 48.0 Å². The molecule has 57 heavy (non-hydrogen) atoms. The Hall–Kier alpha value is -4.62. The van der Waals surface area contributed by atoms with Gasteiger partial charge in [-0.15, -0.1) is 0 Å². The lowest BCUT2D eigenvalue weighted by Gasteiger charge is -2.45. The molecule has 1 aliphatic carbocycles. The van der Waals surface area contributed by atoms with Crippen molar-refractivity contribution in [2.75, 3.05) is 46.4 Å². The monoisotopic (exact) mass is 800 g/mol. The van der Waals surface area contributed by atoms with Gasteiger partial charge in [-0.25, -0.2) is 0 Å². The summed E-state index contributed by atoms with van der Waals surface area (Å²) in [5.41, 5.74) is 2.77. The molecule has 4 heterocycles. The number of aryl methyl sites for hydroxylation is 1. The highest BCUT2D eigenvalue weighted by Crippen LogP contribution is 2.42. The van der Waals surface area contributed by atoms with Crippen molar-refractivity contribution in [3.63, 3.8) is 0 Å². The molecular weight excluding hydrogens is 748 g/mol. The molecule has 3 aromatic carbocycles. The number of aromatic amines is 1. The number of H-pyrrole nitrogens is 1. The van der Waals surface area contributed by atoms with Gasteiger partial charge in [0.05, 0.1) is 29.2 Å². The summed E-state index contributed by atoms with van der Waals surface area (Å²) in [6.07, 6.45) is 7.57. The van der Waals surface area contributed by atoms with Gasteiger partial charge in [0.2, 0.25) is 5.56 Å². The van der Waals surface area contributed by atoms with E-state index >= 15 is 0 Å². The smallest absolute Gasteiger partial charge is 0.316 e. The first-order chi connectivity index (χ1) is 27.6. The quantitative estimate of drug-likeness (QED) is 0.0704. The third kappa shape index (κ3) is 9.41. The maximum Gasteiger partial charge on any atom is 0.316 e. The number of phenolic OH excluding ortho intramolecular Hbond substituents is 1. The number of amides is 1. The van der Waals surface area contributed by atoms with Crippen LogP contribution in [0.5, 0.6) is 17.2 Å². The van der Waals surface area contributed by atoms with E-state index in [1.165, 1.54) is 19.2 Å². The molecule has 3 aliphatic heterocycles. The number of hydrogen-bond acceptors (Lipinski definition) is 10. The van der Waals surface area contributed by atoms with Crippen molar-refractivity contribution in [1.82, 2.24) is 20.5 Å². The third-order valence-corrected chi connectivity index (χ3v) is 12.3. The van der Waals surface area contributed by atoms with E-state index in [0.717, 1.165) is 94.1 Å². The average Bonchev–Trinajstić information content (AvgIpc) is 3.23. The first-order valence-electron chi connectivity index (χ1n) is 20.2. The Balaban J connectivity index is 0.876. The molecule has 0 spiro atoms. The standard InChI is InChI=1S/C44H53ClN4O8/c1-55-37-23-38(34(45)22-30(37)24-46-25-36(51)32-10-12-35(50)42-33(32)11-13-40(52)48-42)56-27-41(53)47-18-6-8-28-7-5-9-31(21-28)44(16-3-2-4-17-44)43(54)57-39-26-49-19-14-29(39)15-20-49/h5,7,9-13,21-23,29,36,39,46,50-51H,2-4,6,8,14-20,24-27H2,1H3,(H,47,53)(H,48,52)/t36-,39+/m1/s1. The van der Waals surface area contributed by atoms with Gasteiger partial charge < -0.3 is 40.0 Å². The fraction of sp³-hybridized carbons (Fsp3) is 0.477. The molecule has 4 fully saturated rings. The summed E-state index contributed by atoms with van der Waals surface area (Å²) in [4.78, 5) is 43.5. The molecule has 0 radical (unpaired) electrons. The number of halogens is 1. The Bertz CT molecular complexity index is 2110. The fourth-order valence-corrected chi connectivity index (χ4v) is 9.06. The molecular formula is C44H53ClN4O8. The molecule has 304 valence electrons. The number of nitrogens with one attached hydrogen (secondary N) is 3. The highest BCUT2D eigenvalue weighted by atomic mass is 35.5. The summed E-state index contributed by atoms with van der Waals surface area (Å²) in [7, 11) is 1.52. The predicted molar refractivity (Wildman–Crippen MR) is 218 cm³/mol. The van der Waals surface area contributed by atoms with Crippen LogP contribution in [-0.2, 0) is 32.7 Å². The summed E-state index contributed by atoms with van der Waals surface area (Å²) in [5, 5.41) is 28.1. The number of esters is 1. The molecule has 2 atom stereocenters. The van der Waals surface area contributed by atoms with Crippen molar-refractivity contribution >= 4 is 34.4 Å². The van der Waals surface area contributed by atoms with Crippen LogP contribution >= 0.6 is 11.6 Å². The van der Waals surface area contributed by atoms with Crippen LogP contribution in [0, 0.1) is 5.92 Å². The minimum Gasteiger partial charge on any atom is -0.506 e. The van der Waals surface area contributed by atoms with Crippen LogP contribution in [-0.4, -0.2) is 84.5 Å². The van der Waals surface area contributed by atoms with Crippen molar-refractivity contribution in [2.45, 2.75) is 82.0 Å². The molecule has 13 heteroatoms. The topological polar surface area (TPSA) is 162 Å². The van der Waals surface area contributed by atoms with Gasteiger partial charge in [-0.05, 0) is 92.4 Å². The fourth-order valence-electron chi connectivity index (χ4n) is 8.82. The van der Waals surface area contributed by atoms with E-state index in [9.17, 15) is 24.6 Å². The highest BCUT2D eigenvalue weighted by molar-refractivity contribution is 6.32. The van der Waals surface area contributed by atoms with Crippen molar-refractivity contribution in [2.24, 2.45) is 5.92 Å². The Morgan fingerprint density at radius 2 is 1.84 bits per heavy atom. The maximum absolute atomic E-state index is 14.0. The number of ether oxygens (including phenoxy) is 3. The average molecular weight is 801 g/mol. The zero-order valence-electron chi connectivity index (χ0n) is 32.5. The van der Waals surface area contributed by atoms with Crippen molar-refractivity contribution < 1.29 is 34.0 Å². The van der Waals surface area contributed by atoms with Gasteiger partial charge in [-0.3, -0.25) is 19.3 Å². The zero-order valence-corrected chi connectivity index (χ0v) is 33.2. The number of aliphatic hydroxyl groups is 1. The van der Waals surface area contributed by atoms with Crippen molar-refractivity contribution in [3.05, 3.63) is 98.3 Å². The largest absolute Gasteiger partial charge is 0.506 e. The molecule has 12 nitrogen and oxygen atoms in total. The number of fused-ring (bicyclic) bond motifs is 4. The van der Waals surface area contributed by atoms with Gasteiger partial charge >= 0.3 is 5.97 Å². The summed E-state index contributed by atoms with van der Waals surface area (Å²) < 4.78 is 17.7. The second-order valence-corrected chi connectivity index (χ2v) is 16.1. The molecule has 5 N–H and O–H groups in total. The van der Waals surface area contributed by atoms with Gasteiger partial charge in [-0.1, -0.05) is 61.2 Å². The number of hydrogen-bond donors (Lipinski definition) is 5. The lowest BCUT2D eigenvalue weighted by atomic mass is 9.69. The number of carbonyl (C=O) groups excluding carboxylic acids is 2. The SMILES string of the molecule is COc1cc(OCC(=O)NCCCc2cccc(C3(C(=O)O[C@H]4CN5CCC4CC5)CCCCC3)c2)c(Cl)cc1CNC[C@@H](O)c1ccc(O)c2[nH]c(=O)ccc12. The van der Waals surface area contributed by atoms with Crippen LogP contribution in [0.1, 0.15) is 79.7 Å². The van der Waals surface area contributed by atoms with Gasteiger partial charge in [0.15, 0.2) is 6.61 Å². The van der Waals surface area contributed by atoms with Crippen LogP contribution in [0.25, 0.3) is 10.9 Å². The number of aromatic nitrogens is 1. The lowest BCUT2D eigenvalue weighted by molar-refractivity contribution is -0.167. The second kappa shape index (κ2) is 18.3. The van der Waals surface area contributed by atoms with Crippen LogP contribution in [0.2, 0.25) is 5.02 Å². The summed E-state index contributed by atoms with van der Waals surface area (Å²) in [6.45, 7) is 3.79. The molecule has 3 saturated heterocycles. The van der Waals surface area contributed by atoms with Crippen molar-refractivity contribution in [1.29, 1.82) is 0 Å². The maximum atomic E-state index is 14.0. The summed E-state index contributed by atoms with van der Waals surface area (Å²) in [5.74, 6) is 0.870. The van der Waals surface area contributed by atoms with Gasteiger partial charge in [-0.2, -0.15) is 0 Å². The zero-order chi connectivity index (χ0) is 39.9. The van der Waals surface area contributed by atoms with Crippen LogP contribution in [0.15, 0.2) is 65.5 Å². The number of methoxy groups -OCH3 is 1. The van der Waals surface area contributed by atoms with E-state index in [0.29, 0.717) is 46.5 Å². The minimum absolute atomic E-state index is 0.00191. The normalized spacial score (nSPS) is 20.5. The Morgan fingerprint density at radius 3 is 2.60 bits per heavy atom. The highest BCUT2D eigenvalue weighted by Gasteiger charge is 2.46. The molecule has 1 amide bonds. The second-order valence-electron chi connectivity index (χ2n) is 15.7. The molecule has 0 unspecified atom stereocenters. The predicted octanol–water partition coefficient (Wildman–Crippen LogP) is 5.69. The number of aliphatic hydroxyl groups excluding tert-OH is 1. The molecule has 4 aliphatic rings. The van der Waals surface area contributed by atoms with Gasteiger partial charge in [0, 0.05) is 49.3 Å². The van der Waals surface area contributed by atoms with Crippen LogP contribution in [0.3, 0.4) is 0 Å². The first-order valence-corrected chi connectivity index (χ1v) is 20.5. The van der Waals surface area contributed by atoms with E-state index in [4.69, 9.17) is 25.8 Å². The minimum atomic E-state index is -0.935. The van der Waals surface area contributed by atoms with Crippen LogP contribution in [0.4, 0.5) is 0 Å². The number of nitrogens with zero attached hydrogens (tertiary/aromatic N) is 1. The van der Waals surface area contributed by atoms with E-state index in [1.54, 1.807) is 24.3 Å². The Morgan fingerprint density at radius 1 is 1.04 bits per heavy atom. The number of piperidine rings is 3. The number of rotatable bonds is 16. The summed E-state index contributed by atoms with van der Waals surface area (Å²) >= 11 is 6.56. The summed E-state index contributed by atoms with van der Waals surface area (Å²) in [6, 6.07) is 17.7. The molecule has 2 bridgehead atoms. The number of phenols is 1. The number of aromatic hydroxyl groups is 1. The number of pyridine rings is 1. The van der Waals surface area contributed by atoms with Crippen molar-refractivity contribution in [3.8, 4) is 17.2 Å². The first kappa shape index (κ1) is 40.6. The molecule has 4 aromatic rings. The third-order valence-electron chi connectivity index (χ3n) is 12.0.